The molecule has 2 aromatic heterocycles. The fourth-order valence-electron chi connectivity index (χ4n) is 2.68. The minimum Gasteiger partial charge on any atom is -0.489 e. The van der Waals surface area contributed by atoms with Gasteiger partial charge in [0.25, 0.3) is 5.91 Å². The Morgan fingerprint density at radius 2 is 2.14 bits per heavy atom. The molecule has 0 saturated carbocycles. The number of aromatic nitrogens is 3. The number of ether oxygens (including phenoxy) is 1. The third kappa shape index (κ3) is 3.79. The summed E-state index contributed by atoms with van der Waals surface area (Å²) < 4.78 is 7.19. The number of aryl methyl sites for hydroxylation is 1. The fourth-order valence-corrected chi connectivity index (χ4v) is 2.68. The van der Waals surface area contributed by atoms with Gasteiger partial charge in [0.1, 0.15) is 23.6 Å². The lowest BCUT2D eigenvalue weighted by Gasteiger charge is -2.24. The van der Waals surface area contributed by atoms with Crippen molar-refractivity contribution >= 4 is 22.7 Å². The molecule has 28 heavy (non-hydrogen) atoms. The quantitative estimate of drug-likeness (QED) is 0.545. The summed E-state index contributed by atoms with van der Waals surface area (Å²) in [4.78, 5) is 28.4. The normalized spacial score (nSPS) is 13.1. The number of amides is 2. The number of nitrogens with one attached hydrogen (secondary N) is 1. The second kappa shape index (κ2) is 7.65. The molecular formula is C19H21N5O4. The van der Waals surface area contributed by atoms with Crippen molar-refractivity contribution in [1.29, 1.82) is 0 Å². The number of primary amides is 1. The highest BCUT2D eigenvalue weighted by Gasteiger charge is 2.33. The van der Waals surface area contributed by atoms with E-state index in [0.29, 0.717) is 23.3 Å². The summed E-state index contributed by atoms with van der Waals surface area (Å²) in [5.41, 5.74) is 5.43. The molecule has 2 heterocycles. The number of nitrogens with zero attached hydrogens (tertiary/aromatic N) is 3. The van der Waals surface area contributed by atoms with E-state index >= 15 is 0 Å². The van der Waals surface area contributed by atoms with Crippen molar-refractivity contribution in [3.05, 3.63) is 54.0 Å². The lowest BCUT2D eigenvalue weighted by molar-refractivity contribution is -0.124. The first kappa shape index (κ1) is 19.3. The molecule has 2 amide bonds. The van der Waals surface area contributed by atoms with Gasteiger partial charge in [-0.2, -0.15) is 5.10 Å². The van der Waals surface area contributed by atoms with E-state index in [2.05, 4.69) is 15.4 Å². The third-order valence-electron chi connectivity index (χ3n) is 4.40. The van der Waals surface area contributed by atoms with Crippen LogP contribution < -0.4 is 15.8 Å². The lowest BCUT2D eigenvalue weighted by Crippen LogP contribution is -2.58. The van der Waals surface area contributed by atoms with Gasteiger partial charge in [-0.3, -0.25) is 19.3 Å². The molecule has 0 aliphatic heterocycles. The zero-order valence-corrected chi connectivity index (χ0v) is 15.5. The predicted molar refractivity (Wildman–Crippen MR) is 101 cm³/mol. The molecule has 3 rings (SSSR count). The highest BCUT2D eigenvalue weighted by atomic mass is 16.5. The van der Waals surface area contributed by atoms with Crippen LogP contribution in [0.1, 0.15) is 23.0 Å². The van der Waals surface area contributed by atoms with Crippen LogP contribution in [0.25, 0.3) is 10.9 Å². The van der Waals surface area contributed by atoms with Crippen LogP contribution in [0.5, 0.6) is 5.75 Å². The Labute approximate surface area is 161 Å². The number of aliphatic hydroxyl groups is 1. The monoisotopic (exact) mass is 383 g/mol. The zero-order valence-electron chi connectivity index (χ0n) is 15.5. The first-order valence-electron chi connectivity index (χ1n) is 8.56. The largest absolute Gasteiger partial charge is 0.489 e. The molecule has 9 heteroatoms. The second-order valence-electron chi connectivity index (χ2n) is 6.61. The summed E-state index contributed by atoms with van der Waals surface area (Å²) in [5.74, 6) is -0.863. The molecule has 1 aromatic carbocycles. The number of hydrogen-bond acceptors (Lipinski definition) is 6. The Morgan fingerprint density at radius 1 is 1.36 bits per heavy atom. The van der Waals surface area contributed by atoms with Crippen molar-refractivity contribution in [2.45, 2.75) is 19.1 Å². The van der Waals surface area contributed by atoms with Crippen LogP contribution >= 0.6 is 0 Å². The van der Waals surface area contributed by atoms with Gasteiger partial charge < -0.3 is 20.9 Å². The van der Waals surface area contributed by atoms with Gasteiger partial charge in [-0.05, 0) is 31.2 Å². The molecule has 1 unspecified atom stereocenters. The summed E-state index contributed by atoms with van der Waals surface area (Å²) in [6.07, 6.45) is 3.39. The number of fused-ring (bicyclic) bond motifs is 1. The van der Waals surface area contributed by atoms with Gasteiger partial charge in [0.15, 0.2) is 0 Å². The van der Waals surface area contributed by atoms with Crippen LogP contribution in [-0.4, -0.2) is 43.8 Å². The van der Waals surface area contributed by atoms with Crippen LogP contribution in [-0.2, 0) is 18.4 Å². The summed E-state index contributed by atoms with van der Waals surface area (Å²) >= 11 is 0. The molecule has 146 valence electrons. The summed E-state index contributed by atoms with van der Waals surface area (Å²) in [6.45, 7) is 1.06. The first-order valence-corrected chi connectivity index (χ1v) is 8.56. The van der Waals surface area contributed by atoms with Crippen molar-refractivity contribution < 1.29 is 19.4 Å². The molecule has 0 radical (unpaired) electrons. The Kier molecular flexibility index (Phi) is 5.27. The minimum atomic E-state index is -1.58. The Hall–Kier alpha value is -3.46. The number of rotatable bonds is 7. The number of hydrogen-bond donors (Lipinski definition) is 3. The van der Waals surface area contributed by atoms with E-state index in [1.807, 2.05) is 12.1 Å². The van der Waals surface area contributed by atoms with Crippen LogP contribution in [0, 0.1) is 0 Å². The summed E-state index contributed by atoms with van der Waals surface area (Å²) in [7, 11) is 1.62. The van der Waals surface area contributed by atoms with Crippen LogP contribution in [0.4, 0.5) is 0 Å². The van der Waals surface area contributed by atoms with Gasteiger partial charge in [-0.25, -0.2) is 0 Å². The Balaban J connectivity index is 1.89. The lowest BCUT2D eigenvalue weighted by atomic mass is 10.0. The Bertz CT molecular complexity index is 1020. The van der Waals surface area contributed by atoms with E-state index < -0.39 is 24.0 Å². The average molecular weight is 383 g/mol. The van der Waals surface area contributed by atoms with E-state index in [4.69, 9.17) is 10.5 Å². The molecular weight excluding hydrogens is 362 g/mol. The molecule has 0 aliphatic carbocycles. The maximum atomic E-state index is 12.8. The number of pyridine rings is 1. The summed E-state index contributed by atoms with van der Waals surface area (Å²) in [6, 6.07) is 8.92. The minimum absolute atomic E-state index is 0.225. The van der Waals surface area contributed by atoms with Gasteiger partial charge in [0.2, 0.25) is 5.91 Å². The van der Waals surface area contributed by atoms with Crippen LogP contribution in [0.15, 0.2) is 42.7 Å². The predicted octanol–water partition coefficient (Wildman–Crippen LogP) is 0.513. The second-order valence-corrected chi connectivity index (χ2v) is 6.61. The highest BCUT2D eigenvalue weighted by molar-refractivity contribution is 6.07. The number of aliphatic hydroxyl groups excluding tert-OH is 1. The smallest absolute Gasteiger partial charge is 0.271 e. The molecule has 0 spiro atoms. The van der Waals surface area contributed by atoms with Crippen LogP contribution in [0.3, 0.4) is 0 Å². The van der Waals surface area contributed by atoms with Crippen molar-refractivity contribution in [3.8, 4) is 5.75 Å². The summed E-state index contributed by atoms with van der Waals surface area (Å²) in [5, 5.41) is 16.8. The average Bonchev–Trinajstić information content (AvgIpc) is 3.02. The van der Waals surface area contributed by atoms with Gasteiger partial charge in [-0.1, -0.05) is 6.07 Å². The maximum absolute atomic E-state index is 12.8. The molecule has 0 aliphatic rings. The molecule has 0 fully saturated rings. The van der Waals surface area contributed by atoms with E-state index in [1.165, 1.54) is 11.6 Å². The van der Waals surface area contributed by atoms with E-state index in [0.717, 1.165) is 5.56 Å². The van der Waals surface area contributed by atoms with Crippen molar-refractivity contribution in [1.82, 2.24) is 20.1 Å². The topological polar surface area (TPSA) is 132 Å². The van der Waals surface area contributed by atoms with Crippen molar-refractivity contribution in [3.63, 3.8) is 0 Å². The molecule has 4 N–H and O–H groups in total. The molecule has 0 saturated heterocycles. The maximum Gasteiger partial charge on any atom is 0.271 e. The highest BCUT2D eigenvalue weighted by Crippen LogP contribution is 2.24. The molecule has 3 aromatic rings. The number of benzene rings is 1. The molecule has 0 bridgehead atoms. The van der Waals surface area contributed by atoms with Crippen molar-refractivity contribution in [2.75, 3.05) is 6.61 Å². The van der Waals surface area contributed by atoms with E-state index in [9.17, 15) is 14.7 Å². The van der Waals surface area contributed by atoms with Gasteiger partial charge >= 0.3 is 0 Å². The SMILES string of the molecule is Cn1nc2ccc(OCc3cccnc3)cc2c1C(=O)NC(C)(CO)C(N)=O. The first-order chi connectivity index (χ1) is 13.3. The van der Waals surface area contributed by atoms with Crippen molar-refractivity contribution in [2.24, 2.45) is 12.8 Å². The molecule has 9 nitrogen and oxygen atoms in total. The Morgan fingerprint density at radius 3 is 2.79 bits per heavy atom. The fraction of sp³-hybridized carbons (Fsp3) is 0.263. The van der Waals surface area contributed by atoms with E-state index in [1.54, 1.807) is 37.6 Å². The number of carbonyl (C=O) groups excluding carboxylic acids is 2. The van der Waals surface area contributed by atoms with Gasteiger partial charge in [-0.15, -0.1) is 0 Å². The van der Waals surface area contributed by atoms with E-state index in [-0.39, 0.29) is 5.69 Å². The van der Waals surface area contributed by atoms with Gasteiger partial charge in [0.05, 0.1) is 12.1 Å². The third-order valence-corrected chi connectivity index (χ3v) is 4.40. The standard InChI is InChI=1S/C19H21N5O4/c1-19(11-25,18(20)27)22-17(26)16-14-8-13(5-6-15(14)23-24(16)2)28-10-12-4-3-7-21-9-12/h3-9,25H,10-11H2,1-2H3,(H2,20,27)(H,22,26). The number of nitrogens with two attached hydrogens (primary N) is 1. The zero-order chi connectivity index (χ0) is 20.3. The molecule has 1 atom stereocenters. The van der Waals surface area contributed by atoms with Gasteiger partial charge in [0, 0.05) is 30.4 Å². The van der Waals surface area contributed by atoms with Crippen LogP contribution in [0.2, 0.25) is 0 Å². The number of carbonyl (C=O) groups is 2.